The van der Waals surface area contributed by atoms with Gasteiger partial charge in [0.15, 0.2) is 5.82 Å². The van der Waals surface area contributed by atoms with Crippen LogP contribution in [0.4, 0.5) is 11.5 Å². The van der Waals surface area contributed by atoms with E-state index < -0.39 is 5.97 Å². The zero-order valence-corrected chi connectivity index (χ0v) is 13.5. The van der Waals surface area contributed by atoms with Crippen molar-refractivity contribution in [1.29, 1.82) is 0 Å². The Morgan fingerprint density at radius 2 is 2.17 bits per heavy atom. The van der Waals surface area contributed by atoms with Gasteiger partial charge in [-0.2, -0.15) is 5.10 Å². The van der Waals surface area contributed by atoms with Crippen LogP contribution in [0.1, 0.15) is 35.7 Å². The van der Waals surface area contributed by atoms with Gasteiger partial charge in [-0.1, -0.05) is 11.6 Å². The highest BCUT2D eigenvalue weighted by Gasteiger charge is 2.24. The first-order chi connectivity index (χ1) is 11.6. The van der Waals surface area contributed by atoms with E-state index in [-0.39, 0.29) is 5.56 Å². The molecule has 0 spiro atoms. The molecule has 0 unspecified atom stereocenters. The fourth-order valence-corrected chi connectivity index (χ4v) is 3.10. The molecule has 0 bridgehead atoms. The average molecular weight is 343 g/mol. The van der Waals surface area contributed by atoms with Gasteiger partial charge in [-0.05, 0) is 43.5 Å². The highest BCUT2D eigenvalue weighted by Crippen LogP contribution is 2.37. The van der Waals surface area contributed by atoms with Gasteiger partial charge in [-0.25, -0.2) is 4.79 Å². The van der Waals surface area contributed by atoms with Gasteiger partial charge in [0.25, 0.3) is 0 Å². The first-order valence-corrected chi connectivity index (χ1v) is 8.13. The second kappa shape index (κ2) is 5.79. The number of carboxylic acids is 1. The quantitative estimate of drug-likeness (QED) is 0.740. The minimum Gasteiger partial charge on any atom is -0.478 e. The Bertz CT molecular complexity index is 933. The molecule has 4 rings (SSSR count). The summed E-state index contributed by atoms with van der Waals surface area (Å²) < 4.78 is 2.01. The van der Waals surface area contributed by atoms with Crippen LogP contribution < -0.4 is 5.32 Å². The Labute approximate surface area is 143 Å². The average Bonchev–Trinajstić information content (AvgIpc) is 2.84. The lowest BCUT2D eigenvalue weighted by atomic mass is 9.93. The number of fused-ring (bicyclic) bond motifs is 1. The summed E-state index contributed by atoms with van der Waals surface area (Å²) in [7, 11) is 0. The van der Waals surface area contributed by atoms with Crippen molar-refractivity contribution in [2.24, 2.45) is 0 Å². The molecular formula is C17H15ClN4O2. The SMILES string of the molecule is O=C(O)c1ccncc1Nc1nn(C2CCC2)c2ccc(Cl)cc12. The van der Waals surface area contributed by atoms with E-state index in [1.165, 1.54) is 24.9 Å². The third kappa shape index (κ3) is 2.49. The van der Waals surface area contributed by atoms with Gasteiger partial charge < -0.3 is 10.4 Å². The molecule has 0 amide bonds. The fourth-order valence-electron chi connectivity index (χ4n) is 2.92. The lowest BCUT2D eigenvalue weighted by Gasteiger charge is -2.26. The van der Waals surface area contributed by atoms with Gasteiger partial charge in [0.2, 0.25) is 0 Å². The number of aromatic carboxylic acids is 1. The smallest absolute Gasteiger partial charge is 0.337 e. The highest BCUT2D eigenvalue weighted by atomic mass is 35.5. The molecule has 2 heterocycles. The van der Waals surface area contributed by atoms with Crippen molar-refractivity contribution in [2.75, 3.05) is 5.32 Å². The molecule has 0 radical (unpaired) electrons. The third-order valence-corrected chi connectivity index (χ3v) is 4.63. The van der Waals surface area contributed by atoms with Gasteiger partial charge in [0.1, 0.15) is 0 Å². The summed E-state index contributed by atoms with van der Waals surface area (Å²) in [5.74, 6) is -0.421. The van der Waals surface area contributed by atoms with Gasteiger partial charge in [0.05, 0.1) is 29.0 Å². The first-order valence-electron chi connectivity index (χ1n) is 7.75. The molecule has 2 N–H and O–H groups in total. The van der Waals surface area contributed by atoms with E-state index in [1.807, 2.05) is 22.9 Å². The Hall–Kier alpha value is -2.60. The molecule has 1 aliphatic carbocycles. The lowest BCUT2D eigenvalue weighted by molar-refractivity contribution is 0.0698. The van der Waals surface area contributed by atoms with Crippen molar-refractivity contribution in [3.8, 4) is 0 Å². The summed E-state index contributed by atoms with van der Waals surface area (Å²) in [6, 6.07) is 7.49. The molecule has 7 heteroatoms. The number of benzene rings is 1. The van der Waals surface area contributed by atoms with Crippen LogP contribution in [0.25, 0.3) is 10.9 Å². The van der Waals surface area contributed by atoms with E-state index in [2.05, 4.69) is 15.4 Å². The number of aromatic nitrogens is 3. The summed E-state index contributed by atoms with van der Waals surface area (Å²) in [5.41, 5.74) is 1.55. The molecule has 2 aromatic heterocycles. The van der Waals surface area contributed by atoms with Crippen LogP contribution in [0.5, 0.6) is 0 Å². The van der Waals surface area contributed by atoms with Gasteiger partial charge >= 0.3 is 5.97 Å². The molecule has 0 atom stereocenters. The number of nitrogens with one attached hydrogen (secondary N) is 1. The monoisotopic (exact) mass is 342 g/mol. The first kappa shape index (κ1) is 15.0. The number of anilines is 2. The molecule has 1 aromatic carbocycles. The number of hydrogen-bond donors (Lipinski definition) is 2. The Morgan fingerprint density at radius 3 is 2.88 bits per heavy atom. The number of rotatable bonds is 4. The predicted molar refractivity (Wildman–Crippen MR) is 92.1 cm³/mol. The molecule has 0 aliphatic heterocycles. The number of halogens is 1. The maximum absolute atomic E-state index is 11.4. The summed E-state index contributed by atoms with van der Waals surface area (Å²) in [4.78, 5) is 15.4. The second-order valence-corrected chi connectivity index (χ2v) is 6.33. The topological polar surface area (TPSA) is 80.0 Å². The zero-order valence-electron chi connectivity index (χ0n) is 12.7. The van der Waals surface area contributed by atoms with Gasteiger partial charge in [-0.3, -0.25) is 9.67 Å². The summed E-state index contributed by atoms with van der Waals surface area (Å²) in [6.45, 7) is 0. The zero-order chi connectivity index (χ0) is 16.7. The van der Waals surface area contributed by atoms with Gasteiger partial charge in [0, 0.05) is 16.6 Å². The summed E-state index contributed by atoms with van der Waals surface area (Å²) in [6.07, 6.45) is 6.35. The number of carboxylic acid groups (broad SMARTS) is 1. The van der Waals surface area contributed by atoms with Crippen molar-refractivity contribution in [1.82, 2.24) is 14.8 Å². The van der Waals surface area contributed by atoms with Crippen LogP contribution in [0, 0.1) is 0 Å². The third-order valence-electron chi connectivity index (χ3n) is 4.39. The minimum absolute atomic E-state index is 0.151. The Balaban J connectivity index is 1.82. The highest BCUT2D eigenvalue weighted by molar-refractivity contribution is 6.31. The maximum atomic E-state index is 11.4. The number of hydrogen-bond acceptors (Lipinski definition) is 4. The molecular weight excluding hydrogens is 328 g/mol. The Morgan fingerprint density at radius 1 is 1.33 bits per heavy atom. The lowest BCUT2D eigenvalue weighted by Crippen LogP contribution is -2.18. The molecule has 24 heavy (non-hydrogen) atoms. The molecule has 0 saturated heterocycles. The van der Waals surface area contributed by atoms with Gasteiger partial charge in [-0.15, -0.1) is 0 Å². The molecule has 1 saturated carbocycles. The summed E-state index contributed by atoms with van der Waals surface area (Å²) >= 11 is 6.14. The number of pyridine rings is 1. The van der Waals surface area contributed by atoms with E-state index in [9.17, 15) is 9.90 Å². The molecule has 1 fully saturated rings. The molecule has 122 valence electrons. The molecule has 3 aromatic rings. The van der Waals surface area contributed by atoms with E-state index in [4.69, 9.17) is 11.6 Å². The fraction of sp³-hybridized carbons (Fsp3) is 0.235. The van der Waals surface area contributed by atoms with Crippen LogP contribution in [-0.4, -0.2) is 25.8 Å². The van der Waals surface area contributed by atoms with E-state index in [0.29, 0.717) is 22.6 Å². The number of nitrogens with zero attached hydrogens (tertiary/aromatic N) is 3. The summed E-state index contributed by atoms with van der Waals surface area (Å²) in [5, 5.41) is 18.6. The molecule has 6 nitrogen and oxygen atoms in total. The minimum atomic E-state index is -1.01. The van der Waals surface area contributed by atoms with E-state index >= 15 is 0 Å². The Kier molecular flexibility index (Phi) is 3.61. The number of carbonyl (C=O) groups is 1. The van der Waals surface area contributed by atoms with Crippen LogP contribution in [0.3, 0.4) is 0 Å². The standard InChI is InChI=1S/C17H15ClN4O2/c18-10-4-5-15-13(8-10)16(21-22(15)11-2-1-3-11)20-14-9-19-7-6-12(14)17(23)24/h4-9,11H,1-3H2,(H,20,21)(H,23,24). The van der Waals surface area contributed by atoms with Crippen molar-refractivity contribution < 1.29 is 9.90 Å². The normalized spacial score (nSPS) is 14.5. The predicted octanol–water partition coefficient (Wildman–Crippen LogP) is 4.25. The van der Waals surface area contributed by atoms with Crippen LogP contribution in [0.15, 0.2) is 36.7 Å². The van der Waals surface area contributed by atoms with Crippen LogP contribution in [0.2, 0.25) is 5.02 Å². The van der Waals surface area contributed by atoms with Crippen LogP contribution >= 0.6 is 11.6 Å². The van der Waals surface area contributed by atoms with Crippen molar-refractivity contribution in [3.05, 3.63) is 47.2 Å². The largest absolute Gasteiger partial charge is 0.478 e. The van der Waals surface area contributed by atoms with Crippen LogP contribution in [-0.2, 0) is 0 Å². The van der Waals surface area contributed by atoms with Crippen molar-refractivity contribution >= 4 is 40.0 Å². The van der Waals surface area contributed by atoms with E-state index in [1.54, 1.807) is 0 Å². The second-order valence-electron chi connectivity index (χ2n) is 5.89. The van der Waals surface area contributed by atoms with Crippen molar-refractivity contribution in [3.63, 3.8) is 0 Å². The molecule has 1 aliphatic rings. The van der Waals surface area contributed by atoms with E-state index in [0.717, 1.165) is 23.7 Å². The maximum Gasteiger partial charge on any atom is 0.337 e. The van der Waals surface area contributed by atoms with Crippen molar-refractivity contribution in [2.45, 2.75) is 25.3 Å².